The van der Waals surface area contributed by atoms with Gasteiger partial charge in [0.2, 0.25) is 11.2 Å². The molecule has 0 aliphatic carbocycles. The van der Waals surface area contributed by atoms with Gasteiger partial charge in [-0.2, -0.15) is 4.57 Å². The molecule has 1 aromatic heterocycles. The third-order valence-electron chi connectivity index (χ3n) is 4.53. The number of nitrogens with two attached hydrogens (primary N) is 2. The van der Waals surface area contributed by atoms with Gasteiger partial charge >= 0.3 is 27.3 Å². The van der Waals surface area contributed by atoms with E-state index in [4.69, 9.17) is 11.5 Å². The summed E-state index contributed by atoms with van der Waals surface area (Å²) in [7, 11) is 0. The molecular weight excluding hydrogens is 741 g/mol. The van der Waals surface area contributed by atoms with Crippen molar-refractivity contribution >= 4 is 60.3 Å². The molecule has 0 fully saturated rings. The summed E-state index contributed by atoms with van der Waals surface area (Å²) in [6.07, 6.45) is 0. The minimum absolute atomic E-state index is 0. The fourth-order valence-corrected chi connectivity index (χ4v) is 3.49. The standard InChI is InChI=1S/C21H19N3.3BrH.Pb/c1-2-24-20-13-16(23)9-11-18(20)17-10-8-15(22)12-19(17)21(24)14-6-4-3-5-7-14;;;;/h3-13,23H,2,22H2,1H3;3*1H;/q;;;;+2/p-2. The molecule has 3 aromatic carbocycles. The van der Waals surface area contributed by atoms with E-state index in [1.165, 1.54) is 27.4 Å². The Morgan fingerprint density at radius 2 is 1.29 bits per heavy atom. The van der Waals surface area contributed by atoms with E-state index in [0.29, 0.717) is 0 Å². The quantitative estimate of drug-likeness (QED) is 0.0931. The first kappa shape index (κ1) is 27.3. The molecular formula is C21H20Br3N3Pb. The van der Waals surface area contributed by atoms with Crippen molar-refractivity contribution in [3.05, 3.63) is 66.7 Å². The first-order chi connectivity index (χ1) is 11.7. The predicted octanol–water partition coefficient (Wildman–Crippen LogP) is -5.24. The minimum atomic E-state index is 0. The number of aromatic nitrogens is 1. The van der Waals surface area contributed by atoms with Crippen molar-refractivity contribution in [2.24, 2.45) is 0 Å². The Morgan fingerprint density at radius 1 is 0.714 bits per heavy atom. The number of benzene rings is 3. The number of halogens is 3. The van der Waals surface area contributed by atoms with E-state index in [1.54, 1.807) is 0 Å². The van der Waals surface area contributed by atoms with Crippen LogP contribution in [0.25, 0.3) is 32.9 Å². The molecule has 0 amide bonds. The maximum atomic E-state index is 6.10. The van der Waals surface area contributed by atoms with E-state index in [1.807, 2.05) is 18.2 Å². The molecule has 4 aromatic rings. The van der Waals surface area contributed by atoms with E-state index in [2.05, 4.69) is 60.0 Å². The fourth-order valence-electron chi connectivity index (χ4n) is 3.49. The minimum Gasteiger partial charge on any atom is -1.00 e. The number of hydrogen-bond acceptors (Lipinski definition) is 2. The molecule has 2 radical (unpaired) electrons. The van der Waals surface area contributed by atoms with E-state index in [0.717, 1.165) is 23.4 Å². The Kier molecular flexibility index (Phi) is 11.2. The molecule has 1 heterocycles. The summed E-state index contributed by atoms with van der Waals surface area (Å²) in [6, 6.07) is 22.7. The van der Waals surface area contributed by atoms with Crippen LogP contribution in [0.1, 0.15) is 6.92 Å². The number of nitrogen functional groups attached to an aromatic ring is 2. The van der Waals surface area contributed by atoms with Gasteiger partial charge in [0.25, 0.3) is 0 Å². The number of anilines is 2. The van der Waals surface area contributed by atoms with Gasteiger partial charge in [-0.05, 0) is 43.3 Å². The van der Waals surface area contributed by atoms with Crippen LogP contribution in [0.15, 0.2) is 66.7 Å². The third kappa shape index (κ3) is 4.88. The number of rotatable bonds is 2. The third-order valence-corrected chi connectivity index (χ3v) is 4.53. The van der Waals surface area contributed by atoms with Crippen LogP contribution in [0.5, 0.6) is 0 Å². The van der Waals surface area contributed by atoms with Crippen molar-refractivity contribution < 1.29 is 55.5 Å². The van der Waals surface area contributed by atoms with Crippen molar-refractivity contribution in [3.8, 4) is 11.3 Å². The Bertz CT molecular complexity index is 1070. The topological polar surface area (TPSA) is 55.9 Å². The molecule has 0 unspecified atom stereocenters. The summed E-state index contributed by atoms with van der Waals surface area (Å²) < 4.78 is 2.32. The summed E-state index contributed by atoms with van der Waals surface area (Å²) in [4.78, 5) is 0. The molecule has 28 heavy (non-hydrogen) atoms. The zero-order valence-corrected chi connectivity index (χ0v) is 23.9. The normalized spacial score (nSPS) is 9.61. The Hall–Kier alpha value is -0.708. The summed E-state index contributed by atoms with van der Waals surface area (Å²) >= 11 is 0. The molecule has 0 bridgehead atoms. The van der Waals surface area contributed by atoms with Crippen LogP contribution in [0.2, 0.25) is 0 Å². The van der Waals surface area contributed by atoms with Gasteiger partial charge in [-0.15, -0.1) is 0 Å². The van der Waals surface area contributed by atoms with E-state index in [9.17, 15) is 0 Å². The van der Waals surface area contributed by atoms with Crippen molar-refractivity contribution in [2.45, 2.75) is 13.5 Å². The maximum Gasteiger partial charge on any atom is 2.00 e. The van der Waals surface area contributed by atoms with Crippen LogP contribution >= 0.6 is 0 Å². The second-order valence-corrected chi connectivity index (χ2v) is 6.04. The Labute approximate surface area is 217 Å². The van der Waals surface area contributed by atoms with E-state index in [-0.39, 0.29) is 78.2 Å². The predicted molar refractivity (Wildman–Crippen MR) is 107 cm³/mol. The second-order valence-electron chi connectivity index (χ2n) is 6.04. The van der Waals surface area contributed by atoms with Crippen molar-refractivity contribution in [2.75, 3.05) is 11.5 Å². The number of pyridine rings is 1. The molecule has 144 valence electrons. The first-order valence-electron chi connectivity index (χ1n) is 8.18. The summed E-state index contributed by atoms with van der Waals surface area (Å²) in [5.41, 5.74) is 17.2. The van der Waals surface area contributed by atoms with Crippen LogP contribution in [0.3, 0.4) is 0 Å². The number of hydrogen-bond donors (Lipinski definition) is 2. The molecule has 0 atom stereocenters. The van der Waals surface area contributed by atoms with Gasteiger partial charge in [-0.3, -0.25) is 0 Å². The molecule has 4 rings (SSSR count). The van der Waals surface area contributed by atoms with Gasteiger partial charge in [-0.25, -0.2) is 0 Å². The molecule has 7 heteroatoms. The van der Waals surface area contributed by atoms with Crippen LogP contribution in [0.4, 0.5) is 11.4 Å². The number of nitrogens with zero attached hydrogens (tertiary/aromatic N) is 1. The molecule has 4 N–H and O–H groups in total. The van der Waals surface area contributed by atoms with Crippen molar-refractivity contribution in [1.29, 1.82) is 0 Å². The van der Waals surface area contributed by atoms with Crippen molar-refractivity contribution in [3.63, 3.8) is 0 Å². The molecule has 0 aliphatic rings. The molecule has 0 aliphatic heterocycles. The van der Waals surface area contributed by atoms with Gasteiger partial charge in [-0.1, -0.05) is 24.3 Å². The first-order valence-corrected chi connectivity index (χ1v) is 8.18. The Balaban J connectivity index is 0.00000182. The molecule has 0 spiro atoms. The fraction of sp³-hybridized carbons (Fsp3) is 0.0952. The van der Waals surface area contributed by atoms with Crippen LogP contribution in [-0.2, 0) is 6.54 Å². The van der Waals surface area contributed by atoms with Gasteiger partial charge < -0.3 is 62.4 Å². The molecule has 0 saturated heterocycles. The van der Waals surface area contributed by atoms with Crippen molar-refractivity contribution in [1.82, 2.24) is 0 Å². The SMILES string of the molecule is CC[n+]1c(-c2ccccc2)c2cc(N)ccc2c2ccc(N)cc21.[Br-].[Br-].[Br-].[Pb+2]. The largest absolute Gasteiger partial charge is 2.00 e. The number of aryl methyl sites for hydroxylation is 1. The average molecular weight is 761 g/mol. The summed E-state index contributed by atoms with van der Waals surface area (Å²) in [5, 5.41) is 3.56. The summed E-state index contributed by atoms with van der Waals surface area (Å²) in [6.45, 7) is 3.02. The number of fused-ring (bicyclic) bond motifs is 3. The zero-order chi connectivity index (χ0) is 16.7. The van der Waals surface area contributed by atoms with Gasteiger partial charge in [0.1, 0.15) is 6.54 Å². The van der Waals surface area contributed by atoms with Gasteiger partial charge in [0, 0.05) is 28.4 Å². The molecule has 0 saturated carbocycles. The summed E-state index contributed by atoms with van der Waals surface area (Å²) in [5.74, 6) is 0. The van der Waals surface area contributed by atoms with Crippen LogP contribution in [0, 0.1) is 0 Å². The van der Waals surface area contributed by atoms with E-state index < -0.39 is 0 Å². The monoisotopic (exact) mass is 759 g/mol. The average Bonchev–Trinajstić information content (AvgIpc) is 2.61. The van der Waals surface area contributed by atoms with Gasteiger partial charge in [0.05, 0.1) is 10.8 Å². The smallest absolute Gasteiger partial charge is 1.00 e. The maximum absolute atomic E-state index is 6.10. The Morgan fingerprint density at radius 3 is 1.89 bits per heavy atom. The van der Waals surface area contributed by atoms with E-state index >= 15 is 0 Å². The van der Waals surface area contributed by atoms with Crippen LogP contribution in [-0.4, -0.2) is 27.3 Å². The zero-order valence-electron chi connectivity index (χ0n) is 15.3. The second kappa shape index (κ2) is 11.5. The van der Waals surface area contributed by atoms with Gasteiger partial charge in [0.15, 0.2) is 0 Å². The van der Waals surface area contributed by atoms with Crippen LogP contribution < -0.4 is 67.0 Å². The molecule has 3 nitrogen and oxygen atoms in total.